The monoisotopic (exact) mass is 291 g/mol. The molecular formula is C17H25NO3. The molecule has 2 rings (SSSR count). The summed E-state index contributed by atoms with van der Waals surface area (Å²) in [5.41, 5.74) is 0. The van der Waals surface area contributed by atoms with E-state index in [1.165, 1.54) is 32.1 Å². The van der Waals surface area contributed by atoms with Gasteiger partial charge in [-0.05, 0) is 37.8 Å². The maximum Gasteiger partial charge on any atom is 0.260 e. The Morgan fingerprint density at radius 1 is 1.24 bits per heavy atom. The van der Waals surface area contributed by atoms with Crippen molar-refractivity contribution in [2.24, 2.45) is 5.92 Å². The van der Waals surface area contributed by atoms with Crippen LogP contribution in [-0.4, -0.2) is 25.7 Å². The molecule has 0 unspecified atom stereocenters. The van der Waals surface area contributed by atoms with Crippen LogP contribution in [0.4, 0.5) is 0 Å². The molecule has 4 nitrogen and oxygen atoms in total. The first-order chi connectivity index (χ1) is 10.2. The summed E-state index contributed by atoms with van der Waals surface area (Å²) in [6, 6.07) is 7.37. The Morgan fingerprint density at radius 2 is 1.90 bits per heavy atom. The van der Waals surface area contributed by atoms with E-state index in [-0.39, 0.29) is 5.91 Å². The van der Waals surface area contributed by atoms with Gasteiger partial charge in [-0.25, -0.2) is 0 Å². The van der Waals surface area contributed by atoms with E-state index in [0.717, 1.165) is 6.54 Å². The Hall–Kier alpha value is -1.71. The zero-order valence-corrected chi connectivity index (χ0v) is 12.9. The van der Waals surface area contributed by atoms with Crippen molar-refractivity contribution in [1.82, 2.24) is 5.32 Å². The number of carbonyl (C=O) groups is 1. The fourth-order valence-electron chi connectivity index (χ4n) is 2.74. The lowest BCUT2D eigenvalue weighted by Crippen LogP contribution is -2.39. The van der Waals surface area contributed by atoms with Crippen LogP contribution in [0, 0.1) is 5.92 Å². The van der Waals surface area contributed by atoms with Crippen molar-refractivity contribution in [2.45, 2.75) is 45.1 Å². The molecule has 1 N–H and O–H groups in total. The molecule has 1 aliphatic rings. The van der Waals surface area contributed by atoms with Gasteiger partial charge in [0.1, 0.15) is 0 Å². The third-order valence-electron chi connectivity index (χ3n) is 4.03. The average molecular weight is 291 g/mol. The highest BCUT2D eigenvalue weighted by atomic mass is 16.5. The molecule has 0 spiro atoms. The Bertz CT molecular complexity index is 455. The van der Waals surface area contributed by atoms with Gasteiger partial charge in [-0.15, -0.1) is 0 Å². The lowest BCUT2D eigenvalue weighted by Gasteiger charge is -2.23. The lowest BCUT2D eigenvalue weighted by atomic mass is 9.89. The maximum absolute atomic E-state index is 12.1. The molecular weight excluding hydrogens is 266 g/mol. The van der Waals surface area contributed by atoms with Gasteiger partial charge in [0.15, 0.2) is 17.6 Å². The predicted molar refractivity (Wildman–Crippen MR) is 82.7 cm³/mol. The minimum absolute atomic E-state index is 0.0634. The fraction of sp³-hybridized carbons (Fsp3) is 0.588. The number of ether oxygens (including phenoxy) is 2. The van der Waals surface area contributed by atoms with E-state index in [2.05, 4.69) is 5.32 Å². The normalized spacial score (nSPS) is 17.0. The molecule has 1 aliphatic carbocycles. The van der Waals surface area contributed by atoms with Crippen LogP contribution in [0.25, 0.3) is 0 Å². The van der Waals surface area contributed by atoms with Crippen LogP contribution in [0.1, 0.15) is 39.0 Å². The van der Waals surface area contributed by atoms with Gasteiger partial charge >= 0.3 is 0 Å². The molecule has 1 aromatic carbocycles. The Kier molecular flexibility index (Phi) is 5.90. The van der Waals surface area contributed by atoms with Crippen molar-refractivity contribution in [1.29, 1.82) is 0 Å². The van der Waals surface area contributed by atoms with Gasteiger partial charge in [-0.2, -0.15) is 0 Å². The maximum atomic E-state index is 12.1. The van der Waals surface area contributed by atoms with Gasteiger partial charge in [0.25, 0.3) is 5.91 Å². The van der Waals surface area contributed by atoms with Crippen molar-refractivity contribution in [3.05, 3.63) is 24.3 Å². The molecule has 0 bridgehead atoms. The quantitative estimate of drug-likeness (QED) is 0.876. The average Bonchev–Trinajstić information content (AvgIpc) is 2.54. The van der Waals surface area contributed by atoms with Gasteiger partial charge in [-0.3, -0.25) is 4.79 Å². The van der Waals surface area contributed by atoms with Crippen LogP contribution in [0.2, 0.25) is 0 Å². The van der Waals surface area contributed by atoms with Gasteiger partial charge in [0.2, 0.25) is 0 Å². The number of methoxy groups -OCH3 is 1. The molecule has 1 atom stereocenters. The summed E-state index contributed by atoms with van der Waals surface area (Å²) >= 11 is 0. The Balaban J connectivity index is 1.81. The molecule has 21 heavy (non-hydrogen) atoms. The summed E-state index contributed by atoms with van der Waals surface area (Å²) in [7, 11) is 1.59. The molecule has 0 radical (unpaired) electrons. The predicted octanol–water partition coefficient (Wildman–Crippen LogP) is 3.16. The first-order valence-corrected chi connectivity index (χ1v) is 7.78. The van der Waals surface area contributed by atoms with Crippen LogP contribution in [-0.2, 0) is 4.79 Å². The second-order valence-corrected chi connectivity index (χ2v) is 5.66. The molecule has 1 fully saturated rings. The Labute approximate surface area is 126 Å². The number of para-hydroxylation sites is 2. The summed E-state index contributed by atoms with van der Waals surface area (Å²) in [5.74, 6) is 1.80. The standard InChI is InChI=1S/C17H25NO3/c1-13(21-16-11-7-6-10-15(16)20-2)17(19)18-12-14-8-4-3-5-9-14/h6-7,10-11,13-14H,3-5,8-9,12H2,1-2H3,(H,18,19)/t13-/m0/s1. The molecule has 1 amide bonds. The lowest BCUT2D eigenvalue weighted by molar-refractivity contribution is -0.127. The zero-order valence-electron chi connectivity index (χ0n) is 12.9. The van der Waals surface area contributed by atoms with Crippen LogP contribution in [0.5, 0.6) is 11.5 Å². The zero-order chi connectivity index (χ0) is 15.1. The van der Waals surface area contributed by atoms with Gasteiger partial charge < -0.3 is 14.8 Å². The number of hydrogen-bond acceptors (Lipinski definition) is 3. The van der Waals surface area contributed by atoms with E-state index in [1.807, 2.05) is 24.3 Å². The van der Waals surface area contributed by atoms with Crippen LogP contribution in [0.3, 0.4) is 0 Å². The number of carbonyl (C=O) groups excluding carboxylic acids is 1. The van der Waals surface area contributed by atoms with Gasteiger partial charge in [0, 0.05) is 6.54 Å². The molecule has 0 heterocycles. The van der Waals surface area contributed by atoms with E-state index in [0.29, 0.717) is 17.4 Å². The minimum Gasteiger partial charge on any atom is -0.493 e. The van der Waals surface area contributed by atoms with Crippen molar-refractivity contribution < 1.29 is 14.3 Å². The van der Waals surface area contributed by atoms with Crippen LogP contribution in [0.15, 0.2) is 24.3 Å². The summed E-state index contributed by atoms with van der Waals surface area (Å²) in [5, 5.41) is 3.01. The molecule has 1 saturated carbocycles. The van der Waals surface area contributed by atoms with E-state index in [4.69, 9.17) is 9.47 Å². The second-order valence-electron chi connectivity index (χ2n) is 5.66. The van der Waals surface area contributed by atoms with Crippen molar-refractivity contribution in [3.63, 3.8) is 0 Å². The van der Waals surface area contributed by atoms with Crippen molar-refractivity contribution in [2.75, 3.05) is 13.7 Å². The topological polar surface area (TPSA) is 47.6 Å². The molecule has 0 saturated heterocycles. The molecule has 1 aromatic rings. The van der Waals surface area contributed by atoms with Gasteiger partial charge in [0.05, 0.1) is 7.11 Å². The number of amides is 1. The summed E-state index contributed by atoms with van der Waals surface area (Å²) in [6.45, 7) is 2.53. The van der Waals surface area contributed by atoms with Crippen LogP contribution >= 0.6 is 0 Å². The van der Waals surface area contributed by atoms with E-state index < -0.39 is 6.10 Å². The molecule has 0 aliphatic heterocycles. The largest absolute Gasteiger partial charge is 0.493 e. The SMILES string of the molecule is COc1ccccc1O[C@@H](C)C(=O)NCC1CCCCC1. The fourth-order valence-corrected chi connectivity index (χ4v) is 2.74. The number of hydrogen-bond donors (Lipinski definition) is 1. The Morgan fingerprint density at radius 3 is 2.57 bits per heavy atom. The van der Waals surface area contributed by atoms with E-state index in [1.54, 1.807) is 14.0 Å². The molecule has 116 valence electrons. The van der Waals surface area contributed by atoms with Gasteiger partial charge in [-0.1, -0.05) is 31.4 Å². The molecule has 0 aromatic heterocycles. The number of benzene rings is 1. The number of rotatable bonds is 6. The highest BCUT2D eigenvalue weighted by Crippen LogP contribution is 2.27. The smallest absolute Gasteiger partial charge is 0.260 e. The second kappa shape index (κ2) is 7.91. The van der Waals surface area contributed by atoms with Crippen molar-refractivity contribution >= 4 is 5.91 Å². The van der Waals surface area contributed by atoms with E-state index >= 15 is 0 Å². The number of nitrogens with one attached hydrogen (secondary N) is 1. The highest BCUT2D eigenvalue weighted by Gasteiger charge is 2.19. The first-order valence-electron chi connectivity index (χ1n) is 7.78. The third-order valence-corrected chi connectivity index (χ3v) is 4.03. The van der Waals surface area contributed by atoms with Crippen LogP contribution < -0.4 is 14.8 Å². The van der Waals surface area contributed by atoms with Crippen molar-refractivity contribution in [3.8, 4) is 11.5 Å². The van der Waals surface area contributed by atoms with E-state index in [9.17, 15) is 4.79 Å². The summed E-state index contributed by atoms with van der Waals surface area (Å²) in [6.07, 6.45) is 5.83. The summed E-state index contributed by atoms with van der Waals surface area (Å²) < 4.78 is 10.9. The summed E-state index contributed by atoms with van der Waals surface area (Å²) in [4.78, 5) is 12.1. The third kappa shape index (κ3) is 4.66. The minimum atomic E-state index is -0.523. The molecule has 4 heteroatoms. The highest BCUT2D eigenvalue weighted by molar-refractivity contribution is 5.80. The first kappa shape index (κ1) is 15.7.